The van der Waals surface area contributed by atoms with E-state index in [0.717, 1.165) is 18.7 Å². The SMILES string of the molecule is CC1(OCC(=O)Nc2ccc(CC#N)cc2)CNC1. The molecule has 1 aromatic rings. The van der Waals surface area contributed by atoms with Crippen molar-refractivity contribution in [2.24, 2.45) is 0 Å². The van der Waals surface area contributed by atoms with Gasteiger partial charge in [-0.2, -0.15) is 5.26 Å². The van der Waals surface area contributed by atoms with Crippen LogP contribution in [0.15, 0.2) is 24.3 Å². The Morgan fingerprint density at radius 3 is 2.68 bits per heavy atom. The van der Waals surface area contributed by atoms with Crippen molar-refractivity contribution in [3.05, 3.63) is 29.8 Å². The zero-order chi connectivity index (χ0) is 13.7. The molecule has 1 fully saturated rings. The van der Waals surface area contributed by atoms with E-state index in [9.17, 15) is 4.79 Å². The lowest BCUT2D eigenvalue weighted by molar-refractivity contribution is -0.130. The monoisotopic (exact) mass is 259 g/mol. The van der Waals surface area contributed by atoms with Gasteiger partial charge in [0.05, 0.1) is 18.1 Å². The molecule has 0 unspecified atom stereocenters. The molecule has 1 heterocycles. The first-order valence-electron chi connectivity index (χ1n) is 6.22. The van der Waals surface area contributed by atoms with Crippen molar-refractivity contribution in [1.82, 2.24) is 5.32 Å². The van der Waals surface area contributed by atoms with Gasteiger partial charge in [-0.3, -0.25) is 4.79 Å². The molecule has 2 rings (SSSR count). The zero-order valence-corrected chi connectivity index (χ0v) is 10.9. The van der Waals surface area contributed by atoms with Crippen molar-refractivity contribution >= 4 is 11.6 Å². The van der Waals surface area contributed by atoms with Crippen LogP contribution >= 0.6 is 0 Å². The number of hydrogen-bond acceptors (Lipinski definition) is 4. The molecule has 2 N–H and O–H groups in total. The molecule has 0 radical (unpaired) electrons. The van der Waals surface area contributed by atoms with Crippen molar-refractivity contribution in [3.8, 4) is 6.07 Å². The molecule has 0 bridgehead atoms. The normalized spacial score (nSPS) is 16.2. The molecule has 1 aromatic carbocycles. The lowest BCUT2D eigenvalue weighted by Crippen LogP contribution is -2.59. The van der Waals surface area contributed by atoms with Gasteiger partial charge in [-0.15, -0.1) is 0 Å². The first-order chi connectivity index (χ1) is 9.11. The maximum Gasteiger partial charge on any atom is 0.250 e. The Balaban J connectivity index is 1.80. The molecule has 1 saturated heterocycles. The van der Waals surface area contributed by atoms with E-state index < -0.39 is 0 Å². The molecule has 1 amide bonds. The van der Waals surface area contributed by atoms with Crippen molar-refractivity contribution in [2.45, 2.75) is 18.9 Å². The molecule has 0 atom stereocenters. The van der Waals surface area contributed by atoms with Gasteiger partial charge < -0.3 is 15.4 Å². The van der Waals surface area contributed by atoms with Gasteiger partial charge >= 0.3 is 0 Å². The Kier molecular flexibility index (Phi) is 4.15. The molecule has 5 heteroatoms. The second-order valence-corrected chi connectivity index (χ2v) is 4.92. The minimum Gasteiger partial charge on any atom is -0.363 e. The molecule has 100 valence electrons. The van der Waals surface area contributed by atoms with Crippen LogP contribution in [0.5, 0.6) is 0 Å². The Bertz CT molecular complexity index is 486. The Morgan fingerprint density at radius 2 is 2.16 bits per heavy atom. The van der Waals surface area contributed by atoms with Gasteiger partial charge in [0, 0.05) is 18.8 Å². The average Bonchev–Trinajstić information content (AvgIpc) is 2.37. The summed E-state index contributed by atoms with van der Waals surface area (Å²) in [6, 6.07) is 9.32. The van der Waals surface area contributed by atoms with Gasteiger partial charge in [-0.25, -0.2) is 0 Å². The second-order valence-electron chi connectivity index (χ2n) is 4.92. The number of nitrogens with one attached hydrogen (secondary N) is 2. The molecule has 0 aromatic heterocycles. The predicted octanol–water partition coefficient (Wildman–Crippen LogP) is 1.07. The summed E-state index contributed by atoms with van der Waals surface area (Å²) < 4.78 is 5.54. The number of nitriles is 1. The highest BCUT2D eigenvalue weighted by Crippen LogP contribution is 2.15. The summed E-state index contributed by atoms with van der Waals surface area (Å²) in [5, 5.41) is 14.4. The van der Waals surface area contributed by atoms with Gasteiger partial charge in [0.1, 0.15) is 6.61 Å². The van der Waals surface area contributed by atoms with Gasteiger partial charge in [-0.1, -0.05) is 12.1 Å². The number of nitrogens with zero attached hydrogens (tertiary/aromatic N) is 1. The second kappa shape index (κ2) is 5.83. The molecule has 0 aliphatic carbocycles. The van der Waals surface area contributed by atoms with Crippen LogP contribution in [0.4, 0.5) is 5.69 Å². The van der Waals surface area contributed by atoms with Gasteiger partial charge in [-0.05, 0) is 24.6 Å². The molecular formula is C14H17N3O2. The topological polar surface area (TPSA) is 74.1 Å². The maximum atomic E-state index is 11.7. The first kappa shape index (κ1) is 13.5. The van der Waals surface area contributed by atoms with Crippen LogP contribution in [0, 0.1) is 11.3 Å². The summed E-state index contributed by atoms with van der Waals surface area (Å²) in [5.74, 6) is -0.166. The lowest BCUT2D eigenvalue weighted by Gasteiger charge is -2.38. The van der Waals surface area contributed by atoms with E-state index in [1.165, 1.54) is 0 Å². The number of benzene rings is 1. The smallest absolute Gasteiger partial charge is 0.250 e. The summed E-state index contributed by atoms with van der Waals surface area (Å²) in [7, 11) is 0. The number of carbonyl (C=O) groups is 1. The molecule has 5 nitrogen and oxygen atoms in total. The van der Waals surface area contributed by atoms with Gasteiger partial charge in [0.15, 0.2) is 0 Å². The highest BCUT2D eigenvalue weighted by Gasteiger charge is 2.32. The van der Waals surface area contributed by atoms with Crippen LogP contribution in [0.25, 0.3) is 0 Å². The highest BCUT2D eigenvalue weighted by molar-refractivity contribution is 5.91. The number of anilines is 1. The molecular weight excluding hydrogens is 242 g/mol. The van der Waals surface area contributed by atoms with Crippen LogP contribution in [-0.2, 0) is 16.0 Å². The summed E-state index contributed by atoms with van der Waals surface area (Å²) in [4.78, 5) is 11.7. The van der Waals surface area contributed by atoms with E-state index in [-0.39, 0.29) is 18.1 Å². The van der Waals surface area contributed by atoms with Gasteiger partial charge in [0.25, 0.3) is 0 Å². The van der Waals surface area contributed by atoms with E-state index in [4.69, 9.17) is 10.00 Å². The van der Waals surface area contributed by atoms with Crippen molar-refractivity contribution < 1.29 is 9.53 Å². The van der Waals surface area contributed by atoms with Crippen LogP contribution < -0.4 is 10.6 Å². The zero-order valence-electron chi connectivity index (χ0n) is 10.9. The summed E-state index contributed by atoms with van der Waals surface area (Å²) >= 11 is 0. The standard InChI is InChI=1S/C14H17N3O2/c1-14(9-16-10-14)19-8-13(18)17-12-4-2-11(3-5-12)6-7-15/h2-5,16H,6,8-10H2,1H3,(H,17,18). The van der Waals surface area contributed by atoms with E-state index in [0.29, 0.717) is 12.1 Å². The third kappa shape index (κ3) is 3.78. The largest absolute Gasteiger partial charge is 0.363 e. The van der Waals surface area contributed by atoms with Crippen LogP contribution in [-0.4, -0.2) is 31.2 Å². The predicted molar refractivity (Wildman–Crippen MR) is 71.6 cm³/mol. The number of hydrogen-bond donors (Lipinski definition) is 2. The van der Waals surface area contributed by atoms with Crippen molar-refractivity contribution in [1.29, 1.82) is 5.26 Å². The molecule has 0 saturated carbocycles. The number of rotatable bonds is 5. The van der Waals surface area contributed by atoms with E-state index in [2.05, 4.69) is 16.7 Å². The number of carbonyl (C=O) groups excluding carboxylic acids is 1. The van der Waals surface area contributed by atoms with E-state index >= 15 is 0 Å². The number of ether oxygens (including phenoxy) is 1. The highest BCUT2D eigenvalue weighted by atomic mass is 16.5. The fourth-order valence-electron chi connectivity index (χ4n) is 1.81. The number of amides is 1. The summed E-state index contributed by atoms with van der Waals surface area (Å²) in [6.07, 6.45) is 0.378. The third-order valence-corrected chi connectivity index (χ3v) is 3.07. The van der Waals surface area contributed by atoms with Crippen molar-refractivity contribution in [3.63, 3.8) is 0 Å². The minimum absolute atomic E-state index is 0.0537. The molecule has 1 aliphatic rings. The Labute approximate surface area is 112 Å². The van der Waals surface area contributed by atoms with Crippen LogP contribution in [0.3, 0.4) is 0 Å². The first-order valence-corrected chi connectivity index (χ1v) is 6.22. The maximum absolute atomic E-state index is 11.7. The minimum atomic E-state index is -0.214. The summed E-state index contributed by atoms with van der Waals surface area (Å²) in [5.41, 5.74) is 1.44. The fourth-order valence-corrected chi connectivity index (χ4v) is 1.81. The quantitative estimate of drug-likeness (QED) is 0.829. The average molecular weight is 259 g/mol. The molecule has 0 spiro atoms. The Hall–Kier alpha value is -1.90. The van der Waals surface area contributed by atoms with Crippen LogP contribution in [0.1, 0.15) is 12.5 Å². The van der Waals surface area contributed by atoms with Gasteiger partial charge in [0.2, 0.25) is 5.91 Å². The lowest BCUT2D eigenvalue weighted by atomic mass is 10.0. The Morgan fingerprint density at radius 1 is 1.47 bits per heavy atom. The third-order valence-electron chi connectivity index (χ3n) is 3.07. The molecule has 19 heavy (non-hydrogen) atoms. The van der Waals surface area contributed by atoms with E-state index in [1.54, 1.807) is 12.1 Å². The summed E-state index contributed by atoms with van der Waals surface area (Å²) in [6.45, 7) is 3.60. The van der Waals surface area contributed by atoms with E-state index in [1.807, 2.05) is 19.1 Å². The van der Waals surface area contributed by atoms with Crippen LogP contribution in [0.2, 0.25) is 0 Å². The fraction of sp³-hybridized carbons (Fsp3) is 0.429. The van der Waals surface area contributed by atoms with Crippen molar-refractivity contribution in [2.75, 3.05) is 25.0 Å². The molecule has 1 aliphatic heterocycles.